The first-order valence-corrected chi connectivity index (χ1v) is 26.8. The SMILES string of the molecule is N#Cc1ccc(-c2ccc3c(c2)c2cc(-c4ccc(C#N)cc4C#N)ccc2n3-c2cc(-c3cccnc3-c3ccccc3)cc(-n3c4ccc(-c5ccc(C#N)cc5C#N)cc4c4cc(-c5ccc(C#N)cc5C#N)ccc43)c2C#N)c(C#N)c1. The van der Waals surface area contributed by atoms with Crippen LogP contribution in [0.25, 0.3) is 122 Å². The van der Waals surface area contributed by atoms with Gasteiger partial charge < -0.3 is 9.13 Å². The summed E-state index contributed by atoms with van der Waals surface area (Å²) in [6.45, 7) is 0. The van der Waals surface area contributed by atoms with Crippen LogP contribution in [0.15, 0.2) is 206 Å². The Labute approximate surface area is 491 Å². The first-order chi connectivity index (χ1) is 42.2. The Morgan fingerprint density at radius 1 is 0.267 bits per heavy atom. The van der Waals surface area contributed by atoms with Crippen LogP contribution < -0.4 is 0 Å². The molecule has 0 N–H and O–H groups in total. The molecule has 0 aliphatic carbocycles. The number of benzene rings is 10. The molecule has 13 aromatic rings. The van der Waals surface area contributed by atoms with Gasteiger partial charge in [0.1, 0.15) is 11.6 Å². The van der Waals surface area contributed by atoms with E-state index in [0.717, 1.165) is 32.7 Å². The third kappa shape index (κ3) is 8.52. The molecule has 86 heavy (non-hydrogen) atoms. The van der Waals surface area contributed by atoms with Crippen LogP contribution in [0.1, 0.15) is 50.1 Å². The fourth-order valence-corrected chi connectivity index (χ4v) is 11.8. The second kappa shape index (κ2) is 21.1. The molecule has 390 valence electrons. The highest BCUT2D eigenvalue weighted by atomic mass is 15.0. The van der Waals surface area contributed by atoms with Crippen molar-refractivity contribution in [2.75, 3.05) is 0 Å². The molecule has 0 saturated carbocycles. The smallest absolute Gasteiger partial charge is 0.104 e. The molecule has 0 spiro atoms. The Morgan fingerprint density at radius 2 is 0.616 bits per heavy atom. The van der Waals surface area contributed by atoms with Gasteiger partial charge in [0.05, 0.1) is 132 Å². The van der Waals surface area contributed by atoms with E-state index in [4.69, 9.17) is 4.98 Å². The molecule has 0 amide bonds. The van der Waals surface area contributed by atoms with E-state index >= 15 is 0 Å². The number of aromatic nitrogens is 3. The van der Waals surface area contributed by atoms with Gasteiger partial charge in [-0.2, -0.15) is 47.4 Å². The highest BCUT2D eigenvalue weighted by molar-refractivity contribution is 6.14. The van der Waals surface area contributed by atoms with E-state index in [-0.39, 0.29) is 5.56 Å². The number of hydrogen-bond donors (Lipinski definition) is 0. The van der Waals surface area contributed by atoms with Crippen LogP contribution in [0.2, 0.25) is 0 Å². The average molecular weight is 1090 g/mol. The lowest BCUT2D eigenvalue weighted by molar-refractivity contribution is 1.12. The predicted molar refractivity (Wildman–Crippen MR) is 328 cm³/mol. The second-order valence-corrected chi connectivity index (χ2v) is 20.3. The second-order valence-electron chi connectivity index (χ2n) is 20.3. The van der Waals surface area contributed by atoms with Gasteiger partial charge in [-0.15, -0.1) is 0 Å². The van der Waals surface area contributed by atoms with E-state index < -0.39 is 0 Å². The zero-order valence-electron chi connectivity index (χ0n) is 45.0. The van der Waals surface area contributed by atoms with Gasteiger partial charge in [-0.3, -0.25) is 4.98 Å². The van der Waals surface area contributed by atoms with E-state index in [2.05, 4.69) is 63.8 Å². The van der Waals surface area contributed by atoms with Gasteiger partial charge in [0.2, 0.25) is 0 Å². The first-order valence-electron chi connectivity index (χ1n) is 26.8. The lowest BCUT2D eigenvalue weighted by atomic mass is 9.95. The summed E-state index contributed by atoms with van der Waals surface area (Å²) in [6, 6.07) is 81.5. The standard InChI is InChI=1S/C74H34N12/c75-35-44-8-16-58(54(25-44)39-79)49-12-20-68-63(29-49)64-30-50(59-17-9-45(36-76)26-55(59)40-80)13-21-69(64)85(68)72-33-53(62-7-4-24-84-74(62)48-5-2-1-3-6-48)34-73(67(72)43-83)86-70-22-14-51(60-18-10-46(37-77)27-56(60)41-81)31-65(70)66-32-52(15-23-71(66)86)61-19-11-47(38-78)28-57(61)42-82/h1-34H. The largest absolute Gasteiger partial charge is 0.308 e. The van der Waals surface area contributed by atoms with Gasteiger partial charge in [0, 0.05) is 38.9 Å². The molecule has 0 atom stereocenters. The Kier molecular flexibility index (Phi) is 12.7. The van der Waals surface area contributed by atoms with Crippen LogP contribution >= 0.6 is 0 Å². The predicted octanol–water partition coefficient (Wildman–Crippen LogP) is 16.1. The van der Waals surface area contributed by atoms with Crippen molar-refractivity contribution in [3.05, 3.63) is 256 Å². The molecule has 10 aromatic carbocycles. The third-order valence-corrected chi connectivity index (χ3v) is 15.7. The van der Waals surface area contributed by atoms with Crippen molar-refractivity contribution in [1.29, 1.82) is 47.4 Å². The molecular formula is C74H34N12. The fourth-order valence-electron chi connectivity index (χ4n) is 11.8. The van der Waals surface area contributed by atoms with Gasteiger partial charge in [0.15, 0.2) is 0 Å². The lowest BCUT2D eigenvalue weighted by Crippen LogP contribution is -2.05. The molecule has 3 aromatic heterocycles. The summed E-state index contributed by atoms with van der Waals surface area (Å²) in [5.41, 5.74) is 15.0. The van der Waals surface area contributed by atoms with Crippen LogP contribution in [0, 0.1) is 102 Å². The summed E-state index contributed by atoms with van der Waals surface area (Å²) in [5.74, 6) is 0. The van der Waals surface area contributed by atoms with Crippen molar-refractivity contribution in [3.8, 4) is 133 Å². The van der Waals surface area contributed by atoms with Gasteiger partial charge in [-0.1, -0.05) is 84.9 Å². The molecule has 0 radical (unpaired) electrons. The number of nitrogens with zero attached hydrogens (tertiary/aromatic N) is 12. The van der Waals surface area contributed by atoms with Crippen molar-refractivity contribution in [2.45, 2.75) is 0 Å². The van der Waals surface area contributed by atoms with Crippen LogP contribution in [0.5, 0.6) is 0 Å². The molecule has 0 aliphatic rings. The minimum absolute atomic E-state index is 0.285. The van der Waals surface area contributed by atoms with E-state index in [0.29, 0.717) is 134 Å². The van der Waals surface area contributed by atoms with E-state index in [1.807, 2.05) is 127 Å². The maximum absolute atomic E-state index is 12.0. The van der Waals surface area contributed by atoms with Crippen LogP contribution in [0.4, 0.5) is 0 Å². The average Bonchev–Trinajstić information content (AvgIpc) is 1.84. The van der Waals surface area contributed by atoms with Crippen LogP contribution in [0.3, 0.4) is 0 Å². The highest BCUT2D eigenvalue weighted by Crippen LogP contribution is 2.45. The maximum Gasteiger partial charge on any atom is 0.104 e. The summed E-state index contributed by atoms with van der Waals surface area (Å²) in [7, 11) is 0. The first kappa shape index (κ1) is 51.8. The zero-order chi connectivity index (χ0) is 59.2. The van der Waals surface area contributed by atoms with Gasteiger partial charge in [-0.25, -0.2) is 0 Å². The summed E-state index contributed by atoms with van der Waals surface area (Å²) in [6.07, 6.45) is 1.75. The van der Waals surface area contributed by atoms with Crippen LogP contribution in [-0.4, -0.2) is 14.1 Å². The summed E-state index contributed by atoms with van der Waals surface area (Å²) < 4.78 is 4.12. The van der Waals surface area contributed by atoms with E-state index in [9.17, 15) is 47.4 Å². The Bertz CT molecular complexity index is 4980. The maximum atomic E-state index is 12.0. The summed E-state index contributed by atoms with van der Waals surface area (Å²) >= 11 is 0. The van der Waals surface area contributed by atoms with Crippen molar-refractivity contribution in [1.82, 2.24) is 14.1 Å². The minimum Gasteiger partial charge on any atom is -0.308 e. The van der Waals surface area contributed by atoms with Crippen molar-refractivity contribution in [3.63, 3.8) is 0 Å². The normalized spacial score (nSPS) is 10.7. The topological polar surface area (TPSA) is 237 Å². The monoisotopic (exact) mass is 1090 g/mol. The van der Waals surface area contributed by atoms with Gasteiger partial charge >= 0.3 is 0 Å². The van der Waals surface area contributed by atoms with Gasteiger partial charge in [-0.05, 0) is 165 Å². The zero-order valence-corrected chi connectivity index (χ0v) is 45.0. The molecular weight excluding hydrogens is 1060 g/mol. The molecule has 12 heteroatoms. The molecule has 0 fully saturated rings. The Hall–Kier alpha value is -13.6. The number of nitriles is 9. The number of fused-ring (bicyclic) bond motifs is 6. The molecule has 12 nitrogen and oxygen atoms in total. The number of rotatable bonds is 8. The highest BCUT2D eigenvalue weighted by Gasteiger charge is 2.26. The molecule has 0 unspecified atom stereocenters. The summed E-state index contributed by atoms with van der Waals surface area (Å²) in [4.78, 5) is 4.96. The molecule has 0 saturated heterocycles. The third-order valence-electron chi connectivity index (χ3n) is 15.7. The number of hydrogen-bond acceptors (Lipinski definition) is 10. The van der Waals surface area contributed by atoms with Crippen LogP contribution in [-0.2, 0) is 0 Å². The minimum atomic E-state index is 0.285. The molecule has 13 rings (SSSR count). The molecule has 3 heterocycles. The Morgan fingerprint density at radius 3 is 0.930 bits per heavy atom. The van der Waals surface area contributed by atoms with Crippen molar-refractivity contribution < 1.29 is 0 Å². The van der Waals surface area contributed by atoms with Crippen molar-refractivity contribution in [2.24, 2.45) is 0 Å². The lowest BCUT2D eigenvalue weighted by Gasteiger charge is -2.19. The van der Waals surface area contributed by atoms with E-state index in [1.165, 1.54) is 0 Å². The van der Waals surface area contributed by atoms with Crippen molar-refractivity contribution >= 4 is 43.6 Å². The summed E-state index contributed by atoms with van der Waals surface area (Å²) in [5, 5.41) is 95.8. The quantitative estimate of drug-likeness (QED) is 0.139. The Balaban J connectivity index is 1.16. The number of pyridine rings is 1. The van der Waals surface area contributed by atoms with Gasteiger partial charge in [0.25, 0.3) is 0 Å². The molecule has 0 aliphatic heterocycles. The fraction of sp³-hybridized carbons (Fsp3) is 0. The van der Waals surface area contributed by atoms with E-state index in [1.54, 1.807) is 79.0 Å². The molecule has 0 bridgehead atoms.